The number of aromatic nitrogens is 2. The molecule has 29 heavy (non-hydrogen) atoms. The van der Waals surface area contributed by atoms with Crippen LogP contribution in [0.1, 0.15) is 34.6 Å². The summed E-state index contributed by atoms with van der Waals surface area (Å²) in [4.78, 5) is 32.4. The Morgan fingerprint density at radius 2 is 1.59 bits per heavy atom. The number of benzene rings is 2. The summed E-state index contributed by atoms with van der Waals surface area (Å²) < 4.78 is 26.0. The van der Waals surface area contributed by atoms with E-state index in [1.54, 1.807) is 19.1 Å². The molecule has 2 aromatic carbocycles. The zero-order valence-electron chi connectivity index (χ0n) is 15.5. The van der Waals surface area contributed by atoms with Gasteiger partial charge in [-0.3, -0.25) is 9.59 Å². The van der Waals surface area contributed by atoms with Crippen LogP contribution in [0.5, 0.6) is 0 Å². The number of amides is 2. The van der Waals surface area contributed by atoms with Crippen molar-refractivity contribution in [2.75, 3.05) is 5.32 Å². The number of halogens is 2. The Balaban J connectivity index is 1.62. The maximum atomic E-state index is 13.0. The highest BCUT2D eigenvalue weighted by Crippen LogP contribution is 2.14. The third-order valence-electron chi connectivity index (χ3n) is 4.16. The fraction of sp³-hybridized carbons (Fsp3) is 0.143. The highest BCUT2D eigenvalue weighted by molar-refractivity contribution is 5.95. The molecule has 0 spiro atoms. The lowest BCUT2D eigenvalue weighted by Crippen LogP contribution is -2.27. The largest absolute Gasteiger partial charge is 0.344 e. The monoisotopic (exact) mass is 396 g/mol. The summed E-state index contributed by atoms with van der Waals surface area (Å²) in [6.07, 6.45) is 1.21. The Morgan fingerprint density at radius 3 is 2.24 bits per heavy atom. The molecule has 1 aromatic heterocycles. The van der Waals surface area contributed by atoms with Crippen molar-refractivity contribution < 1.29 is 18.4 Å². The molecule has 3 rings (SSSR count). The van der Waals surface area contributed by atoms with Crippen LogP contribution in [-0.2, 0) is 11.2 Å². The molecular weight excluding hydrogens is 378 g/mol. The predicted octanol–water partition coefficient (Wildman–Crippen LogP) is 3.43. The van der Waals surface area contributed by atoms with Crippen molar-refractivity contribution in [3.8, 4) is 0 Å². The van der Waals surface area contributed by atoms with Crippen molar-refractivity contribution in [2.45, 2.75) is 19.4 Å². The number of nitrogens with one attached hydrogen (secondary N) is 2. The molecule has 2 amide bonds. The van der Waals surface area contributed by atoms with Crippen LogP contribution in [-0.4, -0.2) is 21.8 Å². The average Bonchev–Trinajstić information content (AvgIpc) is 2.70. The smallest absolute Gasteiger partial charge is 0.270 e. The summed E-state index contributed by atoms with van der Waals surface area (Å²) >= 11 is 0. The molecule has 8 heteroatoms. The van der Waals surface area contributed by atoms with Crippen LogP contribution < -0.4 is 10.6 Å². The Kier molecular flexibility index (Phi) is 6.23. The minimum absolute atomic E-state index is 0.0351. The molecule has 6 nitrogen and oxygen atoms in total. The number of hydrogen-bond acceptors (Lipinski definition) is 4. The molecule has 0 unspecified atom stereocenters. The number of carbonyl (C=O) groups is 2. The zero-order valence-corrected chi connectivity index (χ0v) is 15.5. The van der Waals surface area contributed by atoms with Gasteiger partial charge in [-0.2, -0.15) is 0 Å². The van der Waals surface area contributed by atoms with E-state index in [0.717, 1.165) is 5.56 Å². The molecule has 1 heterocycles. The van der Waals surface area contributed by atoms with E-state index in [-0.39, 0.29) is 41.5 Å². The highest BCUT2D eigenvalue weighted by Gasteiger charge is 2.14. The fourth-order valence-corrected chi connectivity index (χ4v) is 2.63. The topological polar surface area (TPSA) is 84.0 Å². The summed E-state index contributed by atoms with van der Waals surface area (Å²) in [5.41, 5.74) is 1.46. The quantitative estimate of drug-likeness (QED) is 0.669. The van der Waals surface area contributed by atoms with Crippen molar-refractivity contribution in [3.63, 3.8) is 0 Å². The Bertz CT molecular complexity index is 1010. The molecule has 0 aliphatic rings. The standard InChI is InChI=1S/C21H18F2N4O2/c1-13(15-4-8-17(23)9-5-15)26-21(29)18-11-19(25-12-24-18)27-20(28)10-14-2-6-16(22)7-3-14/h2-9,11-13H,10H2,1H3,(H,26,29)(H,24,25,27,28)/t13-/m0/s1. The SMILES string of the molecule is C[C@H](NC(=O)c1cc(NC(=O)Cc2ccc(F)cc2)ncn1)c1ccc(F)cc1. The molecule has 0 saturated carbocycles. The number of nitrogens with zero attached hydrogens (tertiary/aromatic N) is 2. The number of hydrogen-bond donors (Lipinski definition) is 2. The van der Waals surface area contributed by atoms with Crippen LogP contribution in [0.3, 0.4) is 0 Å². The van der Waals surface area contributed by atoms with Crippen LogP contribution in [0.2, 0.25) is 0 Å². The maximum Gasteiger partial charge on any atom is 0.270 e. The second-order valence-electron chi connectivity index (χ2n) is 6.39. The van der Waals surface area contributed by atoms with Gasteiger partial charge in [-0.15, -0.1) is 0 Å². The van der Waals surface area contributed by atoms with Gasteiger partial charge < -0.3 is 10.6 Å². The van der Waals surface area contributed by atoms with Crippen molar-refractivity contribution in [1.82, 2.24) is 15.3 Å². The van der Waals surface area contributed by atoms with Crippen LogP contribution in [0.25, 0.3) is 0 Å². The van der Waals surface area contributed by atoms with Crippen LogP contribution in [0.15, 0.2) is 60.9 Å². The molecule has 148 valence electrons. The van der Waals surface area contributed by atoms with Gasteiger partial charge in [0.25, 0.3) is 5.91 Å². The van der Waals surface area contributed by atoms with Gasteiger partial charge >= 0.3 is 0 Å². The lowest BCUT2D eigenvalue weighted by molar-refractivity contribution is -0.115. The first-order valence-corrected chi connectivity index (χ1v) is 8.83. The van der Waals surface area contributed by atoms with Gasteiger partial charge in [-0.1, -0.05) is 24.3 Å². The van der Waals surface area contributed by atoms with Gasteiger partial charge in [0.05, 0.1) is 12.5 Å². The van der Waals surface area contributed by atoms with Crippen LogP contribution in [0.4, 0.5) is 14.6 Å². The number of rotatable bonds is 6. The molecule has 1 atom stereocenters. The summed E-state index contributed by atoms with van der Waals surface area (Å²) in [5.74, 6) is -1.38. The van der Waals surface area contributed by atoms with Gasteiger partial charge in [-0.25, -0.2) is 18.7 Å². The third kappa shape index (κ3) is 5.65. The van der Waals surface area contributed by atoms with Gasteiger partial charge in [0.2, 0.25) is 5.91 Å². The Labute approximate surface area is 166 Å². The van der Waals surface area contributed by atoms with Crippen LogP contribution in [0, 0.1) is 11.6 Å². The first-order valence-electron chi connectivity index (χ1n) is 8.83. The first-order chi connectivity index (χ1) is 13.9. The average molecular weight is 396 g/mol. The first kappa shape index (κ1) is 20.1. The maximum absolute atomic E-state index is 13.0. The molecule has 0 aliphatic carbocycles. The van der Waals surface area contributed by atoms with E-state index in [1.807, 2.05) is 0 Å². The van der Waals surface area contributed by atoms with E-state index in [1.165, 1.54) is 48.8 Å². The van der Waals surface area contributed by atoms with Gasteiger partial charge in [0, 0.05) is 6.07 Å². The van der Waals surface area contributed by atoms with Gasteiger partial charge in [0.15, 0.2) is 0 Å². The van der Waals surface area contributed by atoms with E-state index in [2.05, 4.69) is 20.6 Å². The summed E-state index contributed by atoms with van der Waals surface area (Å²) in [6.45, 7) is 1.76. The minimum Gasteiger partial charge on any atom is -0.344 e. The van der Waals surface area contributed by atoms with Crippen molar-refractivity contribution in [2.24, 2.45) is 0 Å². The molecule has 0 saturated heterocycles. The summed E-state index contributed by atoms with van der Waals surface area (Å²) in [7, 11) is 0. The second kappa shape index (κ2) is 9.01. The fourth-order valence-electron chi connectivity index (χ4n) is 2.63. The molecule has 3 aromatic rings. The lowest BCUT2D eigenvalue weighted by Gasteiger charge is -2.14. The number of anilines is 1. The van der Waals surface area contributed by atoms with Crippen LogP contribution >= 0.6 is 0 Å². The Hall–Kier alpha value is -3.68. The minimum atomic E-state index is -0.460. The molecule has 0 radical (unpaired) electrons. The van der Waals surface area contributed by atoms with E-state index in [0.29, 0.717) is 5.56 Å². The van der Waals surface area contributed by atoms with Gasteiger partial charge in [0.1, 0.15) is 29.5 Å². The van der Waals surface area contributed by atoms with E-state index in [4.69, 9.17) is 0 Å². The molecule has 0 bridgehead atoms. The van der Waals surface area contributed by atoms with E-state index in [9.17, 15) is 18.4 Å². The highest BCUT2D eigenvalue weighted by atomic mass is 19.1. The molecular formula is C21H18F2N4O2. The molecule has 0 aliphatic heterocycles. The molecule has 2 N–H and O–H groups in total. The normalized spacial score (nSPS) is 11.6. The van der Waals surface area contributed by atoms with Gasteiger partial charge in [-0.05, 0) is 42.3 Å². The van der Waals surface area contributed by atoms with Crippen molar-refractivity contribution in [3.05, 3.63) is 89.4 Å². The summed E-state index contributed by atoms with van der Waals surface area (Å²) in [5, 5.41) is 5.34. The number of carbonyl (C=O) groups excluding carboxylic acids is 2. The Morgan fingerprint density at radius 1 is 0.966 bits per heavy atom. The van der Waals surface area contributed by atoms with Crippen molar-refractivity contribution >= 4 is 17.6 Å². The summed E-state index contributed by atoms with van der Waals surface area (Å²) in [6, 6.07) is 12.4. The predicted molar refractivity (Wildman–Crippen MR) is 103 cm³/mol. The zero-order chi connectivity index (χ0) is 20.8. The van der Waals surface area contributed by atoms with E-state index >= 15 is 0 Å². The second-order valence-corrected chi connectivity index (χ2v) is 6.39. The van der Waals surface area contributed by atoms with E-state index < -0.39 is 5.91 Å². The lowest BCUT2D eigenvalue weighted by atomic mass is 10.1. The molecule has 0 fully saturated rings. The van der Waals surface area contributed by atoms with Crippen molar-refractivity contribution in [1.29, 1.82) is 0 Å². The third-order valence-corrected chi connectivity index (χ3v) is 4.16.